The lowest BCUT2D eigenvalue weighted by Crippen LogP contribution is -2.43. The Morgan fingerprint density at radius 1 is 1.19 bits per heavy atom. The molecule has 0 heterocycles. The molecule has 5 nitrogen and oxygen atoms in total. The molecule has 0 aliphatic rings. The van der Waals surface area contributed by atoms with E-state index in [2.05, 4.69) is 10.6 Å². The van der Waals surface area contributed by atoms with Gasteiger partial charge in [-0.3, -0.25) is 4.79 Å². The topological polar surface area (TPSA) is 61.4 Å². The number of carbonyl (C=O) groups is 2. The fraction of sp³-hybridized carbons (Fsp3) is 0.800. The zero-order valence-electron chi connectivity index (χ0n) is 10.3. The number of nitrogens with one attached hydrogen (secondary N) is 2. The summed E-state index contributed by atoms with van der Waals surface area (Å²) in [4.78, 5) is 24.1. The Morgan fingerprint density at radius 2 is 1.69 bits per heavy atom. The molecule has 0 spiro atoms. The average Bonchev–Trinajstić information content (AvgIpc) is 2.23. The Balaban J connectivity index is 3.76. The number of hydrogen-bond acceptors (Lipinski definition) is 2. The van der Waals surface area contributed by atoms with E-state index in [1.807, 2.05) is 0 Å². The van der Waals surface area contributed by atoms with Crippen molar-refractivity contribution in [3.8, 4) is 0 Å². The number of urea groups is 1. The summed E-state index contributed by atoms with van der Waals surface area (Å²) in [6.45, 7) is 4.35. The van der Waals surface area contributed by atoms with Crippen LogP contribution in [-0.2, 0) is 4.79 Å². The van der Waals surface area contributed by atoms with Crippen molar-refractivity contribution < 1.29 is 9.59 Å². The molecule has 3 amide bonds. The highest BCUT2D eigenvalue weighted by atomic mass is 35.5. The predicted octanol–water partition coefficient (Wildman–Crippen LogP) is 0.639. The standard InChI is InChI=1S/C10H20ClN3O2/c1-10(2,7-11)8(15)12-5-6-13-9(16)14(3)4/h5-7H2,1-4H3,(H,12,15)(H,13,16). The van der Waals surface area contributed by atoms with E-state index in [1.165, 1.54) is 4.90 Å². The van der Waals surface area contributed by atoms with Crippen molar-refractivity contribution >= 4 is 23.5 Å². The fourth-order valence-corrected chi connectivity index (χ4v) is 0.925. The van der Waals surface area contributed by atoms with Crippen molar-refractivity contribution in [3.63, 3.8) is 0 Å². The van der Waals surface area contributed by atoms with Gasteiger partial charge in [-0.1, -0.05) is 0 Å². The molecule has 0 aromatic heterocycles. The first kappa shape index (κ1) is 15.0. The van der Waals surface area contributed by atoms with Crippen LogP contribution in [0.25, 0.3) is 0 Å². The average molecular weight is 250 g/mol. The van der Waals surface area contributed by atoms with Gasteiger partial charge in [-0.2, -0.15) is 0 Å². The van der Waals surface area contributed by atoms with Gasteiger partial charge in [-0.05, 0) is 13.8 Å². The van der Waals surface area contributed by atoms with Gasteiger partial charge in [-0.15, -0.1) is 11.6 Å². The van der Waals surface area contributed by atoms with Crippen molar-refractivity contribution in [2.75, 3.05) is 33.1 Å². The number of carbonyl (C=O) groups excluding carboxylic acids is 2. The number of alkyl halides is 1. The summed E-state index contributed by atoms with van der Waals surface area (Å²) in [5.74, 6) is 0.157. The van der Waals surface area contributed by atoms with E-state index in [0.717, 1.165) is 0 Å². The first-order chi connectivity index (χ1) is 7.31. The fourth-order valence-electron chi connectivity index (χ4n) is 0.804. The molecule has 0 fully saturated rings. The highest BCUT2D eigenvalue weighted by molar-refractivity contribution is 6.19. The maximum absolute atomic E-state index is 11.6. The van der Waals surface area contributed by atoms with Gasteiger partial charge in [0.15, 0.2) is 0 Å². The molecule has 0 atom stereocenters. The van der Waals surface area contributed by atoms with Crippen molar-refractivity contribution in [1.82, 2.24) is 15.5 Å². The third kappa shape index (κ3) is 5.21. The Morgan fingerprint density at radius 3 is 2.12 bits per heavy atom. The highest BCUT2D eigenvalue weighted by Crippen LogP contribution is 2.16. The molecule has 0 aromatic rings. The smallest absolute Gasteiger partial charge is 0.316 e. The molecule has 0 aliphatic carbocycles. The van der Waals surface area contributed by atoms with Crippen LogP contribution in [0.2, 0.25) is 0 Å². The number of halogens is 1. The molecule has 0 aromatic carbocycles. The van der Waals surface area contributed by atoms with Crippen LogP contribution in [-0.4, -0.2) is 49.9 Å². The number of nitrogens with zero attached hydrogens (tertiary/aromatic N) is 1. The quantitative estimate of drug-likeness (QED) is 0.555. The Bertz CT molecular complexity index is 254. The van der Waals surface area contributed by atoms with E-state index in [4.69, 9.17) is 11.6 Å². The van der Waals surface area contributed by atoms with E-state index in [9.17, 15) is 9.59 Å². The zero-order chi connectivity index (χ0) is 12.8. The minimum absolute atomic E-state index is 0.110. The Hall–Kier alpha value is -0.970. The molecule has 0 aliphatic heterocycles. The molecular weight excluding hydrogens is 230 g/mol. The molecule has 0 saturated carbocycles. The van der Waals surface area contributed by atoms with Crippen LogP contribution >= 0.6 is 11.6 Å². The third-order valence-electron chi connectivity index (χ3n) is 2.04. The molecular formula is C10H20ClN3O2. The summed E-state index contributed by atoms with van der Waals surface area (Å²) in [6, 6.07) is -0.175. The van der Waals surface area contributed by atoms with Crippen LogP contribution in [0.3, 0.4) is 0 Å². The van der Waals surface area contributed by atoms with E-state index in [-0.39, 0.29) is 17.8 Å². The minimum atomic E-state index is -0.576. The van der Waals surface area contributed by atoms with Crippen LogP contribution in [0.4, 0.5) is 4.79 Å². The maximum atomic E-state index is 11.6. The highest BCUT2D eigenvalue weighted by Gasteiger charge is 2.25. The van der Waals surface area contributed by atoms with Crippen molar-refractivity contribution in [1.29, 1.82) is 0 Å². The van der Waals surface area contributed by atoms with Crippen LogP contribution in [0, 0.1) is 5.41 Å². The van der Waals surface area contributed by atoms with Crippen LogP contribution in [0.5, 0.6) is 0 Å². The second-order valence-corrected chi connectivity index (χ2v) is 4.67. The van der Waals surface area contributed by atoms with Crippen LogP contribution < -0.4 is 10.6 Å². The first-order valence-electron chi connectivity index (χ1n) is 5.10. The second kappa shape index (κ2) is 6.58. The molecule has 2 N–H and O–H groups in total. The zero-order valence-corrected chi connectivity index (χ0v) is 11.0. The van der Waals surface area contributed by atoms with Gasteiger partial charge >= 0.3 is 6.03 Å². The van der Waals surface area contributed by atoms with Gasteiger partial charge in [0.05, 0.1) is 5.41 Å². The van der Waals surface area contributed by atoms with Gasteiger partial charge in [0.25, 0.3) is 0 Å². The Labute approximate surface area is 102 Å². The van der Waals surface area contributed by atoms with Gasteiger partial charge in [0, 0.05) is 33.1 Å². The lowest BCUT2D eigenvalue weighted by molar-refractivity contribution is -0.128. The summed E-state index contributed by atoms with van der Waals surface area (Å²) in [5.41, 5.74) is -0.576. The van der Waals surface area contributed by atoms with Gasteiger partial charge in [0.2, 0.25) is 5.91 Å². The van der Waals surface area contributed by atoms with Crippen LogP contribution in [0.15, 0.2) is 0 Å². The molecule has 16 heavy (non-hydrogen) atoms. The van der Waals surface area contributed by atoms with Crippen molar-refractivity contribution in [2.45, 2.75) is 13.8 Å². The van der Waals surface area contributed by atoms with Crippen molar-refractivity contribution in [3.05, 3.63) is 0 Å². The Kier molecular flexibility index (Phi) is 6.18. The van der Waals surface area contributed by atoms with E-state index in [0.29, 0.717) is 13.1 Å². The first-order valence-corrected chi connectivity index (χ1v) is 5.64. The lowest BCUT2D eigenvalue weighted by Gasteiger charge is -2.20. The van der Waals surface area contributed by atoms with E-state index < -0.39 is 5.41 Å². The molecule has 94 valence electrons. The minimum Gasteiger partial charge on any atom is -0.354 e. The predicted molar refractivity (Wildman–Crippen MR) is 64.6 cm³/mol. The molecule has 6 heteroatoms. The summed E-state index contributed by atoms with van der Waals surface area (Å²) in [7, 11) is 3.31. The van der Waals surface area contributed by atoms with Gasteiger partial charge in [-0.25, -0.2) is 4.79 Å². The molecule has 0 rings (SSSR count). The maximum Gasteiger partial charge on any atom is 0.316 e. The monoisotopic (exact) mass is 249 g/mol. The third-order valence-corrected chi connectivity index (χ3v) is 2.71. The summed E-state index contributed by atoms with van der Waals surface area (Å²) in [5, 5.41) is 5.36. The number of hydrogen-bond donors (Lipinski definition) is 2. The number of rotatable bonds is 5. The van der Waals surface area contributed by atoms with E-state index >= 15 is 0 Å². The lowest BCUT2D eigenvalue weighted by atomic mass is 9.95. The second-order valence-electron chi connectivity index (χ2n) is 4.40. The summed E-state index contributed by atoms with van der Waals surface area (Å²) in [6.07, 6.45) is 0. The van der Waals surface area contributed by atoms with E-state index in [1.54, 1.807) is 27.9 Å². The number of amides is 3. The summed E-state index contributed by atoms with van der Waals surface area (Å²) >= 11 is 5.66. The molecule has 0 unspecified atom stereocenters. The molecule has 0 radical (unpaired) electrons. The van der Waals surface area contributed by atoms with Crippen LogP contribution in [0.1, 0.15) is 13.8 Å². The van der Waals surface area contributed by atoms with Gasteiger partial charge in [0.1, 0.15) is 0 Å². The molecule has 0 saturated heterocycles. The van der Waals surface area contributed by atoms with Gasteiger partial charge < -0.3 is 15.5 Å². The molecule has 0 bridgehead atoms. The summed E-state index contributed by atoms with van der Waals surface area (Å²) < 4.78 is 0. The largest absolute Gasteiger partial charge is 0.354 e. The normalized spacial score (nSPS) is 10.8. The SMILES string of the molecule is CN(C)C(=O)NCCNC(=O)C(C)(C)CCl. The van der Waals surface area contributed by atoms with Crippen molar-refractivity contribution in [2.24, 2.45) is 5.41 Å².